The standard InChI is InChI=1S/C16H26N4O/c1-16(2,3)18-15(17)20-10-8-19(9-11-20)13-6-5-7-14(12-13)21-4/h5-7,12H,8-11H2,1-4H3,(H2,17,18). The van der Waals surface area contributed by atoms with Crippen molar-refractivity contribution in [2.45, 2.75) is 26.3 Å². The van der Waals surface area contributed by atoms with E-state index < -0.39 is 0 Å². The van der Waals surface area contributed by atoms with Crippen molar-refractivity contribution in [2.24, 2.45) is 10.7 Å². The summed E-state index contributed by atoms with van der Waals surface area (Å²) in [5.41, 5.74) is 7.17. The van der Waals surface area contributed by atoms with Crippen molar-refractivity contribution in [1.82, 2.24) is 4.90 Å². The molecule has 0 saturated carbocycles. The Labute approximate surface area is 127 Å². The van der Waals surface area contributed by atoms with Gasteiger partial charge in [-0.25, -0.2) is 4.99 Å². The van der Waals surface area contributed by atoms with Gasteiger partial charge in [0, 0.05) is 37.9 Å². The minimum atomic E-state index is -0.131. The monoisotopic (exact) mass is 290 g/mol. The molecule has 1 aromatic rings. The van der Waals surface area contributed by atoms with Crippen LogP contribution in [0.3, 0.4) is 0 Å². The largest absolute Gasteiger partial charge is 0.497 e. The first-order valence-corrected chi connectivity index (χ1v) is 7.38. The van der Waals surface area contributed by atoms with Gasteiger partial charge in [0.1, 0.15) is 5.75 Å². The third-order valence-corrected chi connectivity index (χ3v) is 3.47. The number of aliphatic imine (C=N–C) groups is 1. The summed E-state index contributed by atoms with van der Waals surface area (Å²) in [5, 5.41) is 0. The lowest BCUT2D eigenvalue weighted by Crippen LogP contribution is -2.51. The maximum absolute atomic E-state index is 6.10. The van der Waals surface area contributed by atoms with Gasteiger partial charge in [0.25, 0.3) is 0 Å². The van der Waals surface area contributed by atoms with E-state index in [1.807, 2.05) is 12.1 Å². The first-order chi connectivity index (χ1) is 9.89. The van der Waals surface area contributed by atoms with Crippen LogP contribution in [0.4, 0.5) is 5.69 Å². The highest BCUT2D eigenvalue weighted by molar-refractivity contribution is 5.78. The first-order valence-electron chi connectivity index (χ1n) is 7.38. The van der Waals surface area contributed by atoms with Crippen LogP contribution in [0.15, 0.2) is 29.3 Å². The zero-order chi connectivity index (χ0) is 15.5. The summed E-state index contributed by atoms with van der Waals surface area (Å²) in [6.45, 7) is 9.84. The number of hydrogen-bond acceptors (Lipinski definition) is 3. The molecule has 116 valence electrons. The number of piperazine rings is 1. The molecule has 2 rings (SSSR count). The van der Waals surface area contributed by atoms with E-state index >= 15 is 0 Å². The van der Waals surface area contributed by atoms with E-state index in [9.17, 15) is 0 Å². The molecule has 0 atom stereocenters. The van der Waals surface area contributed by atoms with Crippen LogP contribution in [0, 0.1) is 0 Å². The van der Waals surface area contributed by atoms with Crippen LogP contribution >= 0.6 is 0 Å². The summed E-state index contributed by atoms with van der Waals surface area (Å²) in [7, 11) is 1.70. The Balaban J connectivity index is 1.98. The Morgan fingerprint density at radius 1 is 1.19 bits per heavy atom. The van der Waals surface area contributed by atoms with Crippen molar-refractivity contribution in [3.63, 3.8) is 0 Å². The maximum atomic E-state index is 6.10. The van der Waals surface area contributed by atoms with Crippen LogP contribution in [0.2, 0.25) is 0 Å². The fraction of sp³-hybridized carbons (Fsp3) is 0.562. The number of ether oxygens (including phenoxy) is 1. The molecule has 1 saturated heterocycles. The van der Waals surface area contributed by atoms with Gasteiger partial charge >= 0.3 is 0 Å². The first kappa shape index (κ1) is 15.5. The number of nitrogens with zero attached hydrogens (tertiary/aromatic N) is 3. The molecule has 21 heavy (non-hydrogen) atoms. The molecule has 2 N–H and O–H groups in total. The molecular formula is C16H26N4O. The molecule has 5 heteroatoms. The average molecular weight is 290 g/mol. The molecule has 0 radical (unpaired) electrons. The second kappa shape index (κ2) is 6.24. The molecule has 1 aliphatic rings. The van der Waals surface area contributed by atoms with Gasteiger partial charge in [0.05, 0.1) is 12.6 Å². The van der Waals surface area contributed by atoms with Gasteiger partial charge in [0.2, 0.25) is 0 Å². The molecule has 5 nitrogen and oxygen atoms in total. The second-order valence-electron chi connectivity index (χ2n) is 6.32. The summed E-state index contributed by atoms with van der Waals surface area (Å²) in [5.74, 6) is 1.54. The van der Waals surface area contributed by atoms with Crippen LogP contribution < -0.4 is 15.4 Å². The van der Waals surface area contributed by atoms with Crippen molar-refractivity contribution in [1.29, 1.82) is 0 Å². The molecule has 0 spiro atoms. The molecule has 1 aliphatic heterocycles. The second-order valence-corrected chi connectivity index (χ2v) is 6.32. The summed E-state index contributed by atoms with van der Waals surface area (Å²) in [4.78, 5) is 9.05. The van der Waals surface area contributed by atoms with E-state index in [0.29, 0.717) is 5.96 Å². The number of rotatable bonds is 2. The molecule has 1 heterocycles. The van der Waals surface area contributed by atoms with Gasteiger partial charge < -0.3 is 20.3 Å². The molecule has 1 fully saturated rings. The predicted octanol–water partition coefficient (Wildman–Crippen LogP) is 1.93. The zero-order valence-corrected chi connectivity index (χ0v) is 13.5. The van der Waals surface area contributed by atoms with Gasteiger partial charge in [-0.2, -0.15) is 0 Å². The highest BCUT2D eigenvalue weighted by Gasteiger charge is 2.20. The van der Waals surface area contributed by atoms with Crippen molar-refractivity contribution in [3.05, 3.63) is 24.3 Å². The van der Waals surface area contributed by atoms with Crippen LogP contribution in [0.1, 0.15) is 20.8 Å². The van der Waals surface area contributed by atoms with Crippen molar-refractivity contribution in [2.75, 3.05) is 38.2 Å². The average Bonchev–Trinajstić information content (AvgIpc) is 2.46. The fourth-order valence-electron chi connectivity index (χ4n) is 2.42. The van der Waals surface area contributed by atoms with Crippen molar-refractivity contribution in [3.8, 4) is 5.75 Å². The van der Waals surface area contributed by atoms with E-state index in [0.717, 1.165) is 31.9 Å². The smallest absolute Gasteiger partial charge is 0.191 e. The Morgan fingerprint density at radius 3 is 2.43 bits per heavy atom. The molecule has 1 aromatic carbocycles. The van der Waals surface area contributed by atoms with Crippen LogP contribution in [0.5, 0.6) is 5.75 Å². The third-order valence-electron chi connectivity index (χ3n) is 3.47. The quantitative estimate of drug-likeness (QED) is 0.668. The predicted molar refractivity (Wildman–Crippen MR) is 88.2 cm³/mol. The van der Waals surface area contributed by atoms with Crippen molar-refractivity contribution >= 4 is 11.6 Å². The minimum absolute atomic E-state index is 0.131. The number of guanidine groups is 1. The van der Waals surface area contributed by atoms with Crippen LogP contribution in [-0.2, 0) is 0 Å². The third kappa shape index (κ3) is 4.28. The lowest BCUT2D eigenvalue weighted by molar-refractivity contribution is 0.375. The number of nitrogens with two attached hydrogens (primary N) is 1. The van der Waals surface area contributed by atoms with Gasteiger partial charge in [-0.05, 0) is 32.9 Å². The highest BCUT2D eigenvalue weighted by Crippen LogP contribution is 2.22. The number of hydrogen-bond donors (Lipinski definition) is 1. The molecular weight excluding hydrogens is 264 g/mol. The Kier molecular flexibility index (Phi) is 4.60. The van der Waals surface area contributed by atoms with E-state index in [1.54, 1.807) is 7.11 Å². The Bertz CT molecular complexity index is 499. The lowest BCUT2D eigenvalue weighted by atomic mass is 10.1. The Hall–Kier alpha value is -1.91. The van der Waals surface area contributed by atoms with Crippen LogP contribution in [0.25, 0.3) is 0 Å². The van der Waals surface area contributed by atoms with Crippen LogP contribution in [-0.4, -0.2) is 49.7 Å². The molecule has 0 aromatic heterocycles. The SMILES string of the molecule is COc1cccc(N2CCN(C(N)=NC(C)(C)C)CC2)c1. The summed E-state index contributed by atoms with van der Waals surface area (Å²) >= 11 is 0. The zero-order valence-electron chi connectivity index (χ0n) is 13.5. The van der Waals surface area contributed by atoms with Gasteiger partial charge in [-0.15, -0.1) is 0 Å². The van der Waals surface area contributed by atoms with E-state index in [4.69, 9.17) is 10.5 Å². The maximum Gasteiger partial charge on any atom is 0.191 e. The molecule has 0 bridgehead atoms. The number of benzene rings is 1. The normalized spacial score (nSPS) is 17.0. The number of methoxy groups -OCH3 is 1. The molecule has 0 amide bonds. The summed E-state index contributed by atoms with van der Waals surface area (Å²) in [6, 6.07) is 8.18. The lowest BCUT2D eigenvalue weighted by Gasteiger charge is -2.37. The molecule has 0 aliphatic carbocycles. The van der Waals surface area contributed by atoms with Gasteiger partial charge in [-0.3, -0.25) is 0 Å². The van der Waals surface area contributed by atoms with E-state index in [1.165, 1.54) is 5.69 Å². The minimum Gasteiger partial charge on any atom is -0.497 e. The highest BCUT2D eigenvalue weighted by atomic mass is 16.5. The van der Waals surface area contributed by atoms with Crippen molar-refractivity contribution < 1.29 is 4.74 Å². The van der Waals surface area contributed by atoms with Gasteiger partial charge in [-0.1, -0.05) is 6.07 Å². The number of anilines is 1. The van der Waals surface area contributed by atoms with E-state index in [2.05, 4.69) is 47.7 Å². The van der Waals surface area contributed by atoms with Gasteiger partial charge in [0.15, 0.2) is 5.96 Å². The molecule has 0 unspecified atom stereocenters. The fourth-order valence-corrected chi connectivity index (χ4v) is 2.42. The topological polar surface area (TPSA) is 54.1 Å². The Morgan fingerprint density at radius 2 is 1.86 bits per heavy atom. The van der Waals surface area contributed by atoms with E-state index in [-0.39, 0.29) is 5.54 Å². The summed E-state index contributed by atoms with van der Waals surface area (Å²) in [6.07, 6.45) is 0. The summed E-state index contributed by atoms with van der Waals surface area (Å²) < 4.78 is 5.28.